The smallest absolute Gasteiger partial charge is 0.146 e. The monoisotopic (exact) mass is 214 g/mol. The summed E-state index contributed by atoms with van der Waals surface area (Å²) < 4.78 is 5.74. The Kier molecular flexibility index (Phi) is 2.40. The maximum absolute atomic E-state index is 9.75. The van der Waals surface area contributed by atoms with Gasteiger partial charge in [0.1, 0.15) is 11.9 Å². The molecule has 0 bridgehead atoms. The van der Waals surface area contributed by atoms with E-state index >= 15 is 0 Å². The third-order valence-corrected chi connectivity index (χ3v) is 2.96. The van der Waals surface area contributed by atoms with Crippen molar-refractivity contribution in [3.05, 3.63) is 45.5 Å². The molecular formula is C9H7ClO2S. The van der Waals surface area contributed by atoms with E-state index < -0.39 is 6.10 Å². The highest BCUT2D eigenvalue weighted by Crippen LogP contribution is 2.30. The Morgan fingerprint density at radius 3 is 2.77 bits per heavy atom. The number of halogens is 1. The van der Waals surface area contributed by atoms with Gasteiger partial charge in [0.2, 0.25) is 0 Å². The standard InChI is InChI=1S/C9H7ClO2S/c10-8-4-3-7(13-8)9(11)6-2-1-5-12-6/h1-5,9,11H/t9-/m1/s1. The Morgan fingerprint density at radius 1 is 1.38 bits per heavy atom. The number of furan rings is 1. The van der Waals surface area contributed by atoms with Gasteiger partial charge in [-0.15, -0.1) is 11.3 Å². The second-order valence-electron chi connectivity index (χ2n) is 2.56. The maximum Gasteiger partial charge on any atom is 0.146 e. The van der Waals surface area contributed by atoms with E-state index in [1.165, 1.54) is 17.6 Å². The van der Waals surface area contributed by atoms with E-state index in [1.807, 2.05) is 0 Å². The Balaban J connectivity index is 2.28. The molecule has 0 radical (unpaired) electrons. The maximum atomic E-state index is 9.75. The second kappa shape index (κ2) is 3.54. The summed E-state index contributed by atoms with van der Waals surface area (Å²) in [6, 6.07) is 7.03. The van der Waals surface area contributed by atoms with E-state index in [-0.39, 0.29) is 0 Å². The molecule has 4 heteroatoms. The van der Waals surface area contributed by atoms with Crippen LogP contribution in [0.3, 0.4) is 0 Å². The van der Waals surface area contributed by atoms with Gasteiger partial charge >= 0.3 is 0 Å². The van der Waals surface area contributed by atoms with Crippen molar-refractivity contribution in [1.82, 2.24) is 0 Å². The minimum Gasteiger partial charge on any atom is -0.466 e. The van der Waals surface area contributed by atoms with Crippen molar-refractivity contribution in [2.75, 3.05) is 0 Å². The quantitative estimate of drug-likeness (QED) is 0.834. The van der Waals surface area contributed by atoms with Crippen molar-refractivity contribution in [2.24, 2.45) is 0 Å². The third kappa shape index (κ3) is 1.77. The van der Waals surface area contributed by atoms with Gasteiger partial charge < -0.3 is 9.52 Å². The minimum absolute atomic E-state index is 0.540. The van der Waals surface area contributed by atoms with Crippen LogP contribution in [0.5, 0.6) is 0 Å². The molecule has 1 N–H and O–H groups in total. The van der Waals surface area contributed by atoms with Crippen LogP contribution >= 0.6 is 22.9 Å². The molecule has 0 saturated heterocycles. The first-order valence-corrected chi connectivity index (χ1v) is 4.93. The lowest BCUT2D eigenvalue weighted by Crippen LogP contribution is -1.93. The van der Waals surface area contributed by atoms with Gasteiger partial charge in [0, 0.05) is 4.88 Å². The number of aliphatic hydroxyl groups is 1. The molecule has 0 aromatic carbocycles. The number of rotatable bonds is 2. The molecule has 0 fully saturated rings. The molecule has 2 nitrogen and oxygen atoms in total. The second-order valence-corrected chi connectivity index (χ2v) is 4.31. The zero-order valence-electron chi connectivity index (χ0n) is 6.61. The average Bonchev–Trinajstić information content (AvgIpc) is 2.72. The molecule has 2 aromatic rings. The predicted molar refractivity (Wildman–Crippen MR) is 52.1 cm³/mol. The van der Waals surface area contributed by atoms with Crippen LogP contribution in [0.4, 0.5) is 0 Å². The molecule has 68 valence electrons. The summed E-state index contributed by atoms with van der Waals surface area (Å²) in [6.07, 6.45) is 0.834. The van der Waals surface area contributed by atoms with E-state index in [4.69, 9.17) is 16.0 Å². The van der Waals surface area contributed by atoms with Gasteiger partial charge in [-0.25, -0.2) is 0 Å². The predicted octanol–water partition coefficient (Wildman–Crippen LogP) is 3.08. The molecule has 2 heterocycles. The lowest BCUT2D eigenvalue weighted by molar-refractivity contribution is 0.193. The lowest BCUT2D eigenvalue weighted by atomic mass is 10.2. The van der Waals surface area contributed by atoms with Crippen molar-refractivity contribution in [3.63, 3.8) is 0 Å². The summed E-state index contributed by atoms with van der Waals surface area (Å²) in [4.78, 5) is 0.792. The van der Waals surface area contributed by atoms with Gasteiger partial charge in [-0.1, -0.05) is 11.6 Å². The minimum atomic E-state index is -0.701. The SMILES string of the molecule is O[C@H](c1ccco1)c1ccc(Cl)s1. The molecule has 0 aliphatic carbocycles. The van der Waals surface area contributed by atoms with Gasteiger partial charge in [0.25, 0.3) is 0 Å². The molecule has 0 spiro atoms. The zero-order valence-corrected chi connectivity index (χ0v) is 8.18. The van der Waals surface area contributed by atoms with E-state index in [2.05, 4.69) is 0 Å². The Bertz CT molecular complexity index is 380. The number of hydrogen-bond acceptors (Lipinski definition) is 3. The van der Waals surface area contributed by atoms with E-state index in [1.54, 1.807) is 24.3 Å². The largest absolute Gasteiger partial charge is 0.466 e. The van der Waals surface area contributed by atoms with Crippen molar-refractivity contribution in [2.45, 2.75) is 6.10 Å². The Labute approximate surface area is 84.4 Å². The van der Waals surface area contributed by atoms with Crippen molar-refractivity contribution in [1.29, 1.82) is 0 Å². The van der Waals surface area contributed by atoms with E-state index in [0.29, 0.717) is 10.1 Å². The lowest BCUT2D eigenvalue weighted by Gasteiger charge is -2.02. The van der Waals surface area contributed by atoms with Crippen LogP contribution in [0, 0.1) is 0 Å². The van der Waals surface area contributed by atoms with Crippen LogP contribution in [-0.4, -0.2) is 5.11 Å². The fourth-order valence-corrected chi connectivity index (χ4v) is 2.12. The first kappa shape index (κ1) is 8.81. The van der Waals surface area contributed by atoms with Crippen LogP contribution < -0.4 is 0 Å². The molecule has 0 amide bonds. The van der Waals surface area contributed by atoms with Crippen LogP contribution in [-0.2, 0) is 0 Å². The van der Waals surface area contributed by atoms with Gasteiger partial charge in [0.05, 0.1) is 10.6 Å². The zero-order chi connectivity index (χ0) is 9.26. The van der Waals surface area contributed by atoms with Crippen LogP contribution in [0.25, 0.3) is 0 Å². The molecule has 1 atom stereocenters. The van der Waals surface area contributed by atoms with Crippen LogP contribution in [0.1, 0.15) is 16.7 Å². The summed E-state index contributed by atoms with van der Waals surface area (Å²) in [5.41, 5.74) is 0. The normalized spacial score (nSPS) is 13.1. The number of aliphatic hydroxyl groups excluding tert-OH is 1. The molecular weight excluding hydrogens is 208 g/mol. The average molecular weight is 215 g/mol. The van der Waals surface area contributed by atoms with Gasteiger partial charge in [-0.05, 0) is 24.3 Å². The Morgan fingerprint density at radius 2 is 2.23 bits per heavy atom. The molecule has 2 aromatic heterocycles. The highest BCUT2D eigenvalue weighted by molar-refractivity contribution is 7.16. The first-order valence-electron chi connectivity index (χ1n) is 3.74. The summed E-state index contributed by atoms with van der Waals surface area (Å²) in [7, 11) is 0. The summed E-state index contributed by atoms with van der Waals surface area (Å²) in [5.74, 6) is 0.540. The molecule has 0 aliphatic heterocycles. The summed E-state index contributed by atoms with van der Waals surface area (Å²) >= 11 is 7.09. The van der Waals surface area contributed by atoms with Gasteiger partial charge in [-0.2, -0.15) is 0 Å². The fourth-order valence-electron chi connectivity index (χ4n) is 1.06. The highest BCUT2D eigenvalue weighted by Gasteiger charge is 2.14. The topological polar surface area (TPSA) is 33.4 Å². The van der Waals surface area contributed by atoms with Crippen molar-refractivity contribution >= 4 is 22.9 Å². The van der Waals surface area contributed by atoms with E-state index in [9.17, 15) is 5.11 Å². The van der Waals surface area contributed by atoms with Gasteiger partial charge in [-0.3, -0.25) is 0 Å². The molecule has 0 saturated carbocycles. The van der Waals surface area contributed by atoms with Crippen LogP contribution in [0.15, 0.2) is 34.9 Å². The van der Waals surface area contributed by atoms with E-state index in [0.717, 1.165) is 4.88 Å². The Hall–Kier alpha value is -0.770. The number of thiophene rings is 1. The van der Waals surface area contributed by atoms with Crippen LogP contribution in [0.2, 0.25) is 4.34 Å². The molecule has 0 unspecified atom stereocenters. The molecule has 2 rings (SSSR count). The van der Waals surface area contributed by atoms with Crippen molar-refractivity contribution < 1.29 is 9.52 Å². The van der Waals surface area contributed by atoms with Crippen molar-refractivity contribution in [3.8, 4) is 0 Å². The highest BCUT2D eigenvalue weighted by atomic mass is 35.5. The first-order chi connectivity index (χ1) is 6.27. The fraction of sp³-hybridized carbons (Fsp3) is 0.111. The van der Waals surface area contributed by atoms with Gasteiger partial charge in [0.15, 0.2) is 0 Å². The third-order valence-electron chi connectivity index (χ3n) is 1.68. The molecule has 13 heavy (non-hydrogen) atoms. The summed E-state index contributed by atoms with van der Waals surface area (Å²) in [5, 5.41) is 9.75. The number of hydrogen-bond donors (Lipinski definition) is 1. The molecule has 0 aliphatic rings. The summed E-state index contributed by atoms with van der Waals surface area (Å²) in [6.45, 7) is 0.